The number of carbonyl (C=O) groups excluding carboxylic acids is 2. The summed E-state index contributed by atoms with van der Waals surface area (Å²) in [5.74, 6) is -0.406. The van der Waals surface area contributed by atoms with Crippen LogP contribution in [0.3, 0.4) is 0 Å². The zero-order chi connectivity index (χ0) is 34.6. The second kappa shape index (κ2) is 34.6. The summed E-state index contributed by atoms with van der Waals surface area (Å²) in [6, 6.07) is 9.85. The molecule has 48 heavy (non-hydrogen) atoms. The Morgan fingerprint density at radius 2 is 0.979 bits per heavy atom. The Morgan fingerprint density at radius 3 is 1.46 bits per heavy atom. The lowest BCUT2D eigenvalue weighted by Crippen LogP contribution is -2.31. The van der Waals surface area contributed by atoms with Crippen molar-refractivity contribution in [3.05, 3.63) is 42.5 Å². The highest BCUT2D eigenvalue weighted by molar-refractivity contribution is 5.70. The van der Waals surface area contributed by atoms with Crippen LogP contribution in [0.25, 0.3) is 0 Å². The van der Waals surface area contributed by atoms with E-state index in [-0.39, 0.29) is 18.5 Å². The standard InChI is InChI=1S/C43H75NO4/c1-3-5-7-9-11-13-15-17-18-20-22-24-26-28-33-37-43(46)48-41(38-44-40-34-30-29-31-35-40)39-47-42(45)36-32-27-25-23-21-19-16-14-12-10-8-6-4-2/h17-18,29-31,34-35,41,44H,3-16,19-28,32-33,36-39H2,1-2H3/t41-/m0/s1. The zero-order valence-electron chi connectivity index (χ0n) is 31.5. The summed E-state index contributed by atoms with van der Waals surface area (Å²) >= 11 is 0. The monoisotopic (exact) mass is 670 g/mol. The molecule has 0 saturated heterocycles. The molecule has 1 aromatic rings. The number of rotatable bonds is 35. The average molecular weight is 670 g/mol. The fourth-order valence-electron chi connectivity index (χ4n) is 6.05. The van der Waals surface area contributed by atoms with E-state index in [4.69, 9.17) is 9.47 Å². The van der Waals surface area contributed by atoms with Crippen LogP contribution in [0.1, 0.15) is 194 Å². The molecule has 0 unspecified atom stereocenters. The summed E-state index contributed by atoms with van der Waals surface area (Å²) in [6.07, 6.45) is 37.6. The molecule has 0 radical (unpaired) electrons. The van der Waals surface area contributed by atoms with Crippen molar-refractivity contribution in [1.82, 2.24) is 0 Å². The first-order valence-corrected chi connectivity index (χ1v) is 20.4. The lowest BCUT2D eigenvalue weighted by molar-refractivity contribution is -0.158. The van der Waals surface area contributed by atoms with Gasteiger partial charge in [0.05, 0.1) is 6.54 Å². The molecule has 1 N–H and O–H groups in total. The van der Waals surface area contributed by atoms with Crippen molar-refractivity contribution in [3.63, 3.8) is 0 Å². The summed E-state index contributed by atoms with van der Waals surface area (Å²) in [5, 5.41) is 3.32. The van der Waals surface area contributed by atoms with E-state index >= 15 is 0 Å². The van der Waals surface area contributed by atoms with E-state index in [2.05, 4.69) is 31.3 Å². The molecule has 1 atom stereocenters. The molecule has 0 aliphatic rings. The fraction of sp³-hybridized carbons (Fsp3) is 0.767. The highest BCUT2D eigenvalue weighted by Crippen LogP contribution is 2.15. The molecule has 5 heteroatoms. The van der Waals surface area contributed by atoms with Crippen molar-refractivity contribution in [3.8, 4) is 0 Å². The molecule has 0 aliphatic heterocycles. The molecule has 0 bridgehead atoms. The van der Waals surface area contributed by atoms with Crippen LogP contribution in [0.2, 0.25) is 0 Å². The van der Waals surface area contributed by atoms with E-state index in [9.17, 15) is 9.59 Å². The minimum atomic E-state index is -0.503. The molecule has 0 spiro atoms. The van der Waals surface area contributed by atoms with Crippen LogP contribution in [0.15, 0.2) is 42.5 Å². The van der Waals surface area contributed by atoms with Crippen LogP contribution in [0, 0.1) is 0 Å². The quantitative estimate of drug-likeness (QED) is 0.0443. The van der Waals surface area contributed by atoms with Crippen molar-refractivity contribution in [1.29, 1.82) is 0 Å². The highest BCUT2D eigenvalue weighted by Gasteiger charge is 2.17. The molecular formula is C43H75NO4. The first-order chi connectivity index (χ1) is 23.7. The van der Waals surface area contributed by atoms with E-state index < -0.39 is 6.10 Å². The van der Waals surface area contributed by atoms with Gasteiger partial charge < -0.3 is 14.8 Å². The maximum absolute atomic E-state index is 12.7. The number of carbonyl (C=O) groups is 2. The van der Waals surface area contributed by atoms with Crippen LogP contribution in [-0.2, 0) is 19.1 Å². The average Bonchev–Trinajstić information content (AvgIpc) is 3.10. The van der Waals surface area contributed by atoms with Gasteiger partial charge in [-0.3, -0.25) is 9.59 Å². The topological polar surface area (TPSA) is 64.6 Å². The third-order valence-corrected chi connectivity index (χ3v) is 9.16. The number of unbranched alkanes of at least 4 members (excludes halogenated alkanes) is 23. The molecule has 5 nitrogen and oxygen atoms in total. The molecule has 0 aliphatic carbocycles. The molecule has 1 aromatic carbocycles. The molecule has 0 saturated carbocycles. The number of hydrogen-bond donors (Lipinski definition) is 1. The number of ether oxygens (including phenoxy) is 2. The fourth-order valence-corrected chi connectivity index (χ4v) is 6.05. The normalized spacial score (nSPS) is 12.0. The molecular weight excluding hydrogens is 594 g/mol. The summed E-state index contributed by atoms with van der Waals surface area (Å²) < 4.78 is 11.3. The number of hydrogen-bond acceptors (Lipinski definition) is 5. The molecule has 1 rings (SSSR count). The summed E-state index contributed by atoms with van der Waals surface area (Å²) in [5.41, 5.74) is 0.953. The zero-order valence-corrected chi connectivity index (χ0v) is 31.5. The van der Waals surface area contributed by atoms with Crippen molar-refractivity contribution >= 4 is 17.6 Å². The SMILES string of the molecule is CCCCCCCCC=CCCCCCCCC(=O)O[C@@H](CNc1ccccc1)COC(=O)CCCCCCCCCCCCCCC. The van der Waals surface area contributed by atoms with Gasteiger partial charge in [0.25, 0.3) is 0 Å². The van der Waals surface area contributed by atoms with Crippen LogP contribution >= 0.6 is 0 Å². The molecule has 0 fully saturated rings. The summed E-state index contributed by atoms with van der Waals surface area (Å²) in [6.45, 7) is 5.04. The highest BCUT2D eigenvalue weighted by atomic mass is 16.6. The van der Waals surface area contributed by atoms with Crippen molar-refractivity contribution in [2.24, 2.45) is 0 Å². The van der Waals surface area contributed by atoms with Gasteiger partial charge in [0.15, 0.2) is 6.10 Å². The van der Waals surface area contributed by atoms with Crippen LogP contribution in [-0.4, -0.2) is 31.2 Å². The van der Waals surface area contributed by atoms with Crippen LogP contribution < -0.4 is 5.32 Å². The molecule has 0 amide bonds. The minimum absolute atomic E-state index is 0.0925. The Morgan fingerprint density at radius 1 is 0.562 bits per heavy atom. The van der Waals surface area contributed by atoms with Gasteiger partial charge in [-0.15, -0.1) is 0 Å². The number of nitrogens with one attached hydrogen (secondary N) is 1. The smallest absolute Gasteiger partial charge is 0.306 e. The molecule has 0 aromatic heterocycles. The van der Waals surface area contributed by atoms with Crippen LogP contribution in [0.4, 0.5) is 5.69 Å². The van der Waals surface area contributed by atoms with E-state index in [0.717, 1.165) is 44.2 Å². The number of benzene rings is 1. The van der Waals surface area contributed by atoms with Gasteiger partial charge in [-0.2, -0.15) is 0 Å². The van der Waals surface area contributed by atoms with Crippen molar-refractivity contribution in [2.45, 2.75) is 200 Å². The predicted octanol–water partition coefficient (Wildman–Crippen LogP) is 13.1. The number of anilines is 1. The number of allylic oxidation sites excluding steroid dienone is 2. The van der Waals surface area contributed by atoms with E-state index in [1.54, 1.807) is 0 Å². The first-order valence-electron chi connectivity index (χ1n) is 20.4. The Kier molecular flexibility index (Phi) is 31.5. The van der Waals surface area contributed by atoms with Gasteiger partial charge in [0.2, 0.25) is 0 Å². The largest absolute Gasteiger partial charge is 0.462 e. The van der Waals surface area contributed by atoms with E-state index in [1.165, 1.54) is 128 Å². The second-order valence-corrected chi connectivity index (χ2v) is 13.9. The maximum atomic E-state index is 12.7. The van der Waals surface area contributed by atoms with Gasteiger partial charge >= 0.3 is 11.9 Å². The summed E-state index contributed by atoms with van der Waals surface area (Å²) in [7, 11) is 0. The first kappa shape index (κ1) is 43.7. The van der Waals surface area contributed by atoms with Gasteiger partial charge in [0.1, 0.15) is 6.61 Å². The molecule has 0 heterocycles. The van der Waals surface area contributed by atoms with Crippen LogP contribution in [0.5, 0.6) is 0 Å². The maximum Gasteiger partial charge on any atom is 0.306 e. The Bertz CT molecular complexity index is 871. The van der Waals surface area contributed by atoms with Gasteiger partial charge in [-0.1, -0.05) is 173 Å². The minimum Gasteiger partial charge on any atom is -0.462 e. The number of esters is 2. The summed E-state index contributed by atoms with van der Waals surface area (Å²) in [4.78, 5) is 25.1. The van der Waals surface area contributed by atoms with Gasteiger partial charge in [0, 0.05) is 18.5 Å². The number of para-hydroxylation sites is 1. The van der Waals surface area contributed by atoms with Gasteiger partial charge in [-0.25, -0.2) is 0 Å². The Labute approximate surface area is 296 Å². The lowest BCUT2D eigenvalue weighted by atomic mass is 10.0. The molecule has 276 valence electrons. The Hall–Kier alpha value is -2.30. The van der Waals surface area contributed by atoms with Gasteiger partial charge in [-0.05, 0) is 50.7 Å². The third-order valence-electron chi connectivity index (χ3n) is 9.16. The van der Waals surface area contributed by atoms with E-state index in [0.29, 0.717) is 19.4 Å². The second-order valence-electron chi connectivity index (χ2n) is 13.9. The van der Waals surface area contributed by atoms with Crippen molar-refractivity contribution in [2.75, 3.05) is 18.5 Å². The Balaban J connectivity index is 2.16. The third kappa shape index (κ3) is 29.8. The van der Waals surface area contributed by atoms with E-state index in [1.807, 2.05) is 30.3 Å². The lowest BCUT2D eigenvalue weighted by Gasteiger charge is -2.19. The van der Waals surface area contributed by atoms with Crippen molar-refractivity contribution < 1.29 is 19.1 Å². The predicted molar refractivity (Wildman–Crippen MR) is 206 cm³/mol.